The number of piperazine rings is 1. The summed E-state index contributed by atoms with van der Waals surface area (Å²) in [4.78, 5) is 9.04. The molecule has 6 aromatic rings. The van der Waals surface area contributed by atoms with Crippen LogP contribution in [0, 0.1) is 12.8 Å². The van der Waals surface area contributed by atoms with E-state index in [2.05, 4.69) is 126 Å². The van der Waals surface area contributed by atoms with E-state index in [-0.39, 0.29) is 5.92 Å². The highest BCUT2D eigenvalue weighted by Crippen LogP contribution is 2.45. The van der Waals surface area contributed by atoms with Gasteiger partial charge in [0.15, 0.2) is 0 Å². The zero-order chi connectivity index (χ0) is 35.0. The summed E-state index contributed by atoms with van der Waals surface area (Å²) < 4.78 is 42.4. The predicted octanol–water partition coefficient (Wildman–Crippen LogP) is 9.68. The second-order valence-electron chi connectivity index (χ2n) is 13.3. The molecule has 4 aromatic carbocycles. The summed E-state index contributed by atoms with van der Waals surface area (Å²) in [5, 5.41) is 6.33. The van der Waals surface area contributed by atoms with Gasteiger partial charge < -0.3 is 9.80 Å². The van der Waals surface area contributed by atoms with Gasteiger partial charge in [0.2, 0.25) is 0 Å². The van der Waals surface area contributed by atoms with Crippen LogP contribution >= 0.6 is 0 Å². The van der Waals surface area contributed by atoms with Gasteiger partial charge >= 0.3 is 6.18 Å². The normalized spacial score (nSPS) is 16.6. The number of fused-ring (bicyclic) bond motifs is 1. The maximum Gasteiger partial charge on any atom is 0.416 e. The van der Waals surface area contributed by atoms with Crippen molar-refractivity contribution in [1.29, 1.82) is 0 Å². The van der Waals surface area contributed by atoms with Crippen molar-refractivity contribution >= 4 is 22.3 Å². The van der Waals surface area contributed by atoms with Crippen molar-refractivity contribution in [2.24, 2.45) is 5.92 Å². The molecule has 1 unspecified atom stereocenters. The quantitative estimate of drug-likeness (QED) is 0.168. The summed E-state index contributed by atoms with van der Waals surface area (Å²) >= 11 is 0. The fraction of sp³-hybridized carbons (Fsp3) is 0.209. The molecule has 0 saturated carbocycles. The lowest BCUT2D eigenvalue weighted by molar-refractivity contribution is -0.137. The van der Waals surface area contributed by atoms with E-state index in [1.165, 1.54) is 23.3 Å². The lowest BCUT2D eigenvalue weighted by Crippen LogP contribution is -2.46. The van der Waals surface area contributed by atoms with Crippen LogP contribution in [0.2, 0.25) is 0 Å². The molecular weight excluding hydrogens is 644 g/mol. The Labute approximate surface area is 296 Å². The molecule has 0 N–H and O–H groups in total. The van der Waals surface area contributed by atoms with Crippen molar-refractivity contribution in [3.05, 3.63) is 168 Å². The number of rotatable bonds is 7. The molecule has 2 aromatic heterocycles. The minimum Gasteiger partial charge on any atom is -0.368 e. The molecule has 0 spiro atoms. The van der Waals surface area contributed by atoms with Gasteiger partial charge in [-0.05, 0) is 66.4 Å². The Balaban J connectivity index is 1.16. The van der Waals surface area contributed by atoms with Crippen LogP contribution in [0.25, 0.3) is 22.0 Å². The van der Waals surface area contributed by atoms with Gasteiger partial charge in [0, 0.05) is 66.8 Å². The van der Waals surface area contributed by atoms with Crippen molar-refractivity contribution in [2.75, 3.05) is 36.0 Å². The van der Waals surface area contributed by atoms with Gasteiger partial charge in [0.05, 0.1) is 16.8 Å². The van der Waals surface area contributed by atoms with Crippen LogP contribution in [-0.4, -0.2) is 40.9 Å². The SMILES string of the molecule is Cc1nn(C(c2ccccc2)(c2ccccc2)C2C=CC=CC2)cc1-c1ccc2nccc(N3CCN(c4cccc(C(F)(F)F)c4)CC3)c2c1. The number of anilines is 2. The third-order valence-electron chi connectivity index (χ3n) is 10.4. The number of halogens is 3. The molecule has 1 atom stereocenters. The Hall–Kier alpha value is -5.63. The summed E-state index contributed by atoms with van der Waals surface area (Å²) in [6.45, 7) is 4.66. The molecule has 2 aliphatic rings. The molecule has 51 heavy (non-hydrogen) atoms. The molecule has 1 saturated heterocycles. The molecule has 8 rings (SSSR count). The lowest BCUT2D eigenvalue weighted by atomic mass is 9.70. The maximum absolute atomic E-state index is 13.4. The third kappa shape index (κ3) is 5.98. The Kier molecular flexibility index (Phi) is 8.46. The van der Waals surface area contributed by atoms with Crippen molar-refractivity contribution in [3.63, 3.8) is 0 Å². The Morgan fingerprint density at radius 1 is 0.706 bits per heavy atom. The highest BCUT2D eigenvalue weighted by molar-refractivity contribution is 5.95. The standard InChI is InChI=1S/C43H38F3N5/c1-31-39(30-51(48-31)42(33-12-5-2-6-13-33,34-14-7-3-8-15-34)35-16-9-4-10-17-35)32-20-21-40-38(28-32)41(22-23-47-40)50-26-24-49(25-27-50)37-19-11-18-36(29-37)43(44,45)46/h2-16,18-23,28-30,35H,17,24-27H2,1H3. The maximum atomic E-state index is 13.4. The zero-order valence-electron chi connectivity index (χ0n) is 28.3. The van der Waals surface area contributed by atoms with Crippen LogP contribution in [0.1, 0.15) is 28.8 Å². The number of benzene rings is 4. The van der Waals surface area contributed by atoms with E-state index in [4.69, 9.17) is 10.1 Å². The van der Waals surface area contributed by atoms with Crippen molar-refractivity contribution in [3.8, 4) is 11.1 Å². The second-order valence-corrected chi connectivity index (χ2v) is 13.3. The minimum atomic E-state index is -4.37. The Morgan fingerprint density at radius 2 is 1.39 bits per heavy atom. The smallest absolute Gasteiger partial charge is 0.368 e. The molecule has 0 radical (unpaired) electrons. The average molecular weight is 682 g/mol. The number of nitrogens with zero attached hydrogens (tertiary/aromatic N) is 5. The van der Waals surface area contributed by atoms with Crippen molar-refractivity contribution in [1.82, 2.24) is 14.8 Å². The topological polar surface area (TPSA) is 37.2 Å². The second kappa shape index (κ2) is 13.2. The van der Waals surface area contributed by atoms with Gasteiger partial charge in [-0.25, -0.2) is 0 Å². The van der Waals surface area contributed by atoms with Crippen LogP contribution in [-0.2, 0) is 11.7 Å². The van der Waals surface area contributed by atoms with E-state index in [1.54, 1.807) is 6.07 Å². The number of alkyl halides is 3. The fourth-order valence-electron chi connectivity index (χ4n) is 7.89. The molecule has 5 nitrogen and oxygen atoms in total. The van der Waals surface area contributed by atoms with Crippen LogP contribution in [0.5, 0.6) is 0 Å². The van der Waals surface area contributed by atoms with Crippen molar-refractivity contribution < 1.29 is 13.2 Å². The van der Waals surface area contributed by atoms with E-state index < -0.39 is 17.3 Å². The number of hydrogen-bond donors (Lipinski definition) is 0. The van der Waals surface area contributed by atoms with E-state index in [1.807, 2.05) is 17.2 Å². The van der Waals surface area contributed by atoms with Gasteiger partial charge in [-0.2, -0.15) is 18.3 Å². The van der Waals surface area contributed by atoms with E-state index >= 15 is 0 Å². The van der Waals surface area contributed by atoms with Gasteiger partial charge in [0.1, 0.15) is 5.54 Å². The number of aryl methyl sites for hydroxylation is 1. The number of allylic oxidation sites excluding steroid dienone is 4. The van der Waals surface area contributed by atoms with E-state index in [0.29, 0.717) is 31.9 Å². The first-order valence-electron chi connectivity index (χ1n) is 17.4. The van der Waals surface area contributed by atoms with Gasteiger partial charge in [0.25, 0.3) is 0 Å². The summed E-state index contributed by atoms with van der Waals surface area (Å²) in [7, 11) is 0. The zero-order valence-corrected chi connectivity index (χ0v) is 28.3. The molecule has 1 fully saturated rings. The predicted molar refractivity (Wildman–Crippen MR) is 199 cm³/mol. The summed E-state index contributed by atoms with van der Waals surface area (Å²) in [6.07, 6.45) is 9.34. The first-order valence-corrected chi connectivity index (χ1v) is 17.4. The molecule has 3 heterocycles. The molecule has 0 amide bonds. The lowest BCUT2D eigenvalue weighted by Gasteiger charge is -2.41. The molecule has 256 valence electrons. The van der Waals surface area contributed by atoms with Crippen LogP contribution in [0.3, 0.4) is 0 Å². The summed E-state index contributed by atoms with van der Waals surface area (Å²) in [5.74, 6) is 0.126. The van der Waals surface area contributed by atoms with Gasteiger partial charge in [-0.3, -0.25) is 9.67 Å². The molecule has 1 aliphatic carbocycles. The largest absolute Gasteiger partial charge is 0.416 e. The Bertz CT molecular complexity index is 2170. The monoisotopic (exact) mass is 681 g/mol. The number of aromatic nitrogens is 3. The third-order valence-corrected chi connectivity index (χ3v) is 10.4. The van der Waals surface area contributed by atoms with E-state index in [9.17, 15) is 13.2 Å². The molecule has 8 heteroatoms. The number of hydrogen-bond acceptors (Lipinski definition) is 4. The molecule has 0 bridgehead atoms. The van der Waals surface area contributed by atoms with Crippen molar-refractivity contribution in [2.45, 2.75) is 25.1 Å². The first-order chi connectivity index (χ1) is 24.8. The molecular formula is C43H38F3N5. The van der Waals surface area contributed by atoms with Gasteiger partial charge in [-0.1, -0.05) is 97.1 Å². The van der Waals surface area contributed by atoms with Crippen LogP contribution in [0.4, 0.5) is 24.5 Å². The molecule has 1 aliphatic heterocycles. The summed E-state index contributed by atoms with van der Waals surface area (Å²) in [6, 6.07) is 35.4. The van der Waals surface area contributed by atoms with Gasteiger partial charge in [-0.15, -0.1) is 0 Å². The average Bonchev–Trinajstić information content (AvgIpc) is 3.57. The fourth-order valence-corrected chi connectivity index (χ4v) is 7.89. The highest BCUT2D eigenvalue weighted by Gasteiger charge is 2.44. The summed E-state index contributed by atoms with van der Waals surface area (Å²) in [5.41, 5.74) is 6.72. The van der Waals surface area contributed by atoms with Crippen LogP contribution < -0.4 is 9.80 Å². The first kappa shape index (κ1) is 32.6. The minimum absolute atomic E-state index is 0.126. The Morgan fingerprint density at radius 3 is 2.06 bits per heavy atom. The van der Waals surface area contributed by atoms with E-state index in [0.717, 1.165) is 45.9 Å². The number of pyridine rings is 1. The highest BCUT2D eigenvalue weighted by atomic mass is 19.4. The van der Waals surface area contributed by atoms with Crippen LogP contribution in [0.15, 0.2) is 146 Å².